The second kappa shape index (κ2) is 7.37. The molecular weight excluding hydrogens is 392 g/mol. The zero-order chi connectivity index (χ0) is 19.7. The lowest BCUT2D eigenvalue weighted by Gasteiger charge is -2.35. The second-order valence-electron chi connectivity index (χ2n) is 6.11. The number of rotatable bonds is 4. The number of carbonyl (C=O) groups excluding carboxylic acids is 4. The van der Waals surface area contributed by atoms with Crippen LogP contribution in [0.1, 0.15) is 5.56 Å². The number of amides is 4. The van der Waals surface area contributed by atoms with Crippen LogP contribution in [-0.4, -0.2) is 39.0 Å². The standard InChI is InChI=1S/C16H14N4O5S2/c21-7-3-1-6(2-4-7)5-8(9-11(22)17-15(26)18-12(9)23)10-13(24)19-16(27)20-14(10)25/h1-4,8-10,21H,5H2,(H2,17,18,22,23,26)(H2,19,20,24,25,27). The van der Waals surface area contributed by atoms with Gasteiger partial charge in [-0.1, -0.05) is 12.1 Å². The third-order valence-corrected chi connectivity index (χ3v) is 4.75. The fourth-order valence-corrected chi connectivity index (χ4v) is 3.57. The lowest BCUT2D eigenvalue weighted by molar-refractivity contribution is -0.143. The number of phenolic OH excluding ortho intramolecular Hbond substituents is 1. The molecule has 0 saturated carbocycles. The molecule has 1 aromatic rings. The highest BCUT2D eigenvalue weighted by molar-refractivity contribution is 7.80. The smallest absolute Gasteiger partial charge is 0.239 e. The molecule has 27 heavy (non-hydrogen) atoms. The van der Waals surface area contributed by atoms with Crippen molar-refractivity contribution in [3.05, 3.63) is 29.8 Å². The number of phenols is 1. The van der Waals surface area contributed by atoms with Gasteiger partial charge in [0.2, 0.25) is 23.6 Å². The average molecular weight is 406 g/mol. The van der Waals surface area contributed by atoms with Gasteiger partial charge < -0.3 is 26.4 Å². The largest absolute Gasteiger partial charge is 0.508 e. The normalized spacial score (nSPS) is 18.9. The molecule has 4 amide bonds. The Labute approximate surface area is 163 Å². The van der Waals surface area contributed by atoms with Gasteiger partial charge in [0.25, 0.3) is 0 Å². The Morgan fingerprint density at radius 3 is 1.52 bits per heavy atom. The molecule has 2 heterocycles. The van der Waals surface area contributed by atoms with Gasteiger partial charge in [0.1, 0.15) is 17.6 Å². The first-order chi connectivity index (χ1) is 12.8. The molecule has 140 valence electrons. The molecule has 0 bridgehead atoms. The Balaban J connectivity index is 1.99. The van der Waals surface area contributed by atoms with E-state index in [2.05, 4.69) is 21.3 Å². The number of benzene rings is 1. The van der Waals surface area contributed by atoms with Crippen LogP contribution in [0.15, 0.2) is 24.3 Å². The lowest BCUT2D eigenvalue weighted by atomic mass is 9.74. The third-order valence-electron chi connectivity index (χ3n) is 4.34. The molecule has 3 rings (SSSR count). The summed E-state index contributed by atoms with van der Waals surface area (Å²) >= 11 is 9.59. The SMILES string of the molecule is O=C1NC(=S)NC(=O)C1C(Cc1ccc(O)cc1)C1C(=O)NC(=S)NC1=O. The van der Waals surface area contributed by atoms with Gasteiger partial charge in [0.15, 0.2) is 10.2 Å². The maximum Gasteiger partial charge on any atom is 0.239 e. The zero-order valence-electron chi connectivity index (χ0n) is 13.6. The van der Waals surface area contributed by atoms with E-state index in [0.717, 1.165) is 0 Å². The molecule has 0 spiro atoms. The van der Waals surface area contributed by atoms with Crippen LogP contribution >= 0.6 is 24.4 Å². The van der Waals surface area contributed by atoms with Crippen LogP contribution in [0.25, 0.3) is 0 Å². The highest BCUT2D eigenvalue weighted by Gasteiger charge is 2.49. The van der Waals surface area contributed by atoms with E-state index in [1.54, 1.807) is 12.1 Å². The number of carbonyl (C=O) groups is 4. The molecule has 0 aromatic heterocycles. The second-order valence-corrected chi connectivity index (χ2v) is 6.92. The molecule has 11 heteroatoms. The number of hydrogen-bond acceptors (Lipinski definition) is 7. The monoisotopic (exact) mass is 406 g/mol. The van der Waals surface area contributed by atoms with Crippen LogP contribution in [0.3, 0.4) is 0 Å². The molecule has 0 radical (unpaired) electrons. The van der Waals surface area contributed by atoms with Crippen LogP contribution in [0.5, 0.6) is 5.75 Å². The summed E-state index contributed by atoms with van der Waals surface area (Å²) in [5, 5.41) is 18.5. The van der Waals surface area contributed by atoms with Crippen molar-refractivity contribution in [1.82, 2.24) is 21.3 Å². The molecule has 0 aliphatic carbocycles. The van der Waals surface area contributed by atoms with Gasteiger partial charge in [-0.15, -0.1) is 0 Å². The highest BCUT2D eigenvalue weighted by atomic mass is 32.1. The minimum Gasteiger partial charge on any atom is -0.508 e. The summed E-state index contributed by atoms with van der Waals surface area (Å²) in [5.74, 6) is -6.38. The fraction of sp³-hybridized carbons (Fsp3) is 0.250. The van der Waals surface area contributed by atoms with Crippen LogP contribution in [0.4, 0.5) is 0 Å². The van der Waals surface area contributed by atoms with Crippen molar-refractivity contribution in [1.29, 1.82) is 0 Å². The zero-order valence-corrected chi connectivity index (χ0v) is 15.3. The van der Waals surface area contributed by atoms with Gasteiger partial charge in [0, 0.05) is 5.92 Å². The predicted molar refractivity (Wildman–Crippen MR) is 100 cm³/mol. The van der Waals surface area contributed by atoms with Crippen molar-refractivity contribution >= 4 is 58.3 Å². The molecule has 5 N–H and O–H groups in total. The van der Waals surface area contributed by atoms with Crippen molar-refractivity contribution in [2.45, 2.75) is 6.42 Å². The molecule has 9 nitrogen and oxygen atoms in total. The maximum absolute atomic E-state index is 12.4. The lowest BCUT2D eigenvalue weighted by Crippen LogP contribution is -2.63. The summed E-state index contributed by atoms with van der Waals surface area (Å²) in [4.78, 5) is 49.7. The number of aromatic hydroxyl groups is 1. The van der Waals surface area contributed by atoms with Crippen molar-refractivity contribution in [2.75, 3.05) is 0 Å². The topological polar surface area (TPSA) is 137 Å². The van der Waals surface area contributed by atoms with E-state index in [1.807, 2.05) is 0 Å². The first-order valence-corrected chi connectivity index (χ1v) is 8.67. The van der Waals surface area contributed by atoms with Gasteiger partial charge >= 0.3 is 0 Å². The Bertz CT molecular complexity index is 782. The van der Waals surface area contributed by atoms with Crippen LogP contribution < -0.4 is 21.3 Å². The molecule has 2 aliphatic rings. The molecular formula is C16H14N4O5S2. The Morgan fingerprint density at radius 2 is 1.15 bits per heavy atom. The Hall–Kier alpha value is -2.92. The number of nitrogens with one attached hydrogen (secondary N) is 4. The minimum absolute atomic E-state index is 0.0345. The summed E-state index contributed by atoms with van der Waals surface area (Å²) in [6.07, 6.45) is 0.0524. The third kappa shape index (κ3) is 3.93. The first-order valence-electron chi connectivity index (χ1n) is 7.85. The molecule has 2 fully saturated rings. The van der Waals surface area contributed by atoms with E-state index >= 15 is 0 Å². The summed E-state index contributed by atoms with van der Waals surface area (Å²) in [6, 6.07) is 6.01. The molecule has 1 aromatic carbocycles. The van der Waals surface area contributed by atoms with Gasteiger partial charge in [-0.3, -0.25) is 19.2 Å². The number of hydrogen-bond donors (Lipinski definition) is 5. The molecule has 0 atom stereocenters. The summed E-state index contributed by atoms with van der Waals surface area (Å²) < 4.78 is 0. The van der Waals surface area contributed by atoms with E-state index in [9.17, 15) is 24.3 Å². The van der Waals surface area contributed by atoms with Crippen molar-refractivity contribution in [3.8, 4) is 5.75 Å². The van der Waals surface area contributed by atoms with E-state index in [4.69, 9.17) is 24.4 Å². The van der Waals surface area contributed by atoms with Crippen LogP contribution in [0.2, 0.25) is 0 Å². The van der Waals surface area contributed by atoms with Gasteiger partial charge in [-0.05, 0) is 48.6 Å². The Kier molecular flexibility index (Phi) is 5.15. The van der Waals surface area contributed by atoms with E-state index in [0.29, 0.717) is 5.56 Å². The van der Waals surface area contributed by atoms with E-state index in [1.165, 1.54) is 12.1 Å². The van der Waals surface area contributed by atoms with Gasteiger partial charge in [0.05, 0.1) is 0 Å². The van der Waals surface area contributed by atoms with Crippen LogP contribution in [-0.2, 0) is 25.6 Å². The quantitative estimate of drug-likeness (QED) is 0.314. The van der Waals surface area contributed by atoms with Gasteiger partial charge in [-0.2, -0.15) is 0 Å². The fourth-order valence-electron chi connectivity index (χ4n) is 3.17. The highest BCUT2D eigenvalue weighted by Crippen LogP contribution is 2.30. The van der Waals surface area contributed by atoms with E-state index < -0.39 is 41.4 Å². The minimum atomic E-state index is -1.32. The summed E-state index contributed by atoms with van der Waals surface area (Å²) in [7, 11) is 0. The molecule has 0 unspecified atom stereocenters. The summed E-state index contributed by atoms with van der Waals surface area (Å²) in [5.41, 5.74) is 0.625. The van der Waals surface area contributed by atoms with Crippen LogP contribution in [0, 0.1) is 17.8 Å². The predicted octanol–water partition coefficient (Wildman–Crippen LogP) is -1.15. The average Bonchev–Trinajstić information content (AvgIpc) is 2.54. The van der Waals surface area contributed by atoms with Crippen molar-refractivity contribution in [2.24, 2.45) is 17.8 Å². The summed E-state index contributed by atoms with van der Waals surface area (Å²) in [6.45, 7) is 0. The van der Waals surface area contributed by atoms with E-state index in [-0.39, 0.29) is 22.4 Å². The number of thiocarbonyl (C=S) groups is 2. The molecule has 2 saturated heterocycles. The molecule has 2 aliphatic heterocycles. The first kappa shape index (κ1) is 18.9. The Morgan fingerprint density at radius 1 is 0.778 bits per heavy atom. The van der Waals surface area contributed by atoms with Crippen molar-refractivity contribution < 1.29 is 24.3 Å². The van der Waals surface area contributed by atoms with Gasteiger partial charge in [-0.25, -0.2) is 0 Å². The maximum atomic E-state index is 12.4. The van der Waals surface area contributed by atoms with Crippen molar-refractivity contribution in [3.63, 3.8) is 0 Å².